The fourth-order valence-electron chi connectivity index (χ4n) is 6.76. The highest BCUT2D eigenvalue weighted by Gasteiger charge is 2.18. The molecule has 0 amide bonds. The zero-order valence-electron chi connectivity index (χ0n) is 27.5. The topological polar surface area (TPSA) is 43.3 Å². The van der Waals surface area contributed by atoms with Crippen LogP contribution in [0.4, 0.5) is 5.69 Å². The molecule has 238 valence electrons. The van der Waals surface area contributed by atoms with E-state index in [4.69, 9.17) is 21.0 Å². The first-order chi connectivity index (χ1) is 25.2. The first kappa shape index (κ1) is 30.0. The second-order valence-electron chi connectivity index (χ2n) is 12.5. The van der Waals surface area contributed by atoms with Crippen molar-refractivity contribution in [1.82, 2.24) is 9.97 Å². The Hall–Kier alpha value is -7.09. The molecule has 0 aliphatic rings. The molecule has 0 radical (unpaired) electrons. The highest BCUT2D eigenvalue weighted by molar-refractivity contribution is 6.13. The minimum absolute atomic E-state index is 0.590. The summed E-state index contributed by atoms with van der Waals surface area (Å²) in [6, 6.07) is 60.1. The molecule has 0 atom stereocenters. The van der Waals surface area contributed by atoms with Gasteiger partial charge in [0.25, 0.3) is 0 Å². The Morgan fingerprint density at radius 1 is 0.412 bits per heavy atom. The average molecular weight is 652 g/mol. The van der Waals surface area contributed by atoms with Crippen LogP contribution in [-0.2, 0) is 0 Å². The van der Waals surface area contributed by atoms with Crippen LogP contribution >= 0.6 is 0 Å². The number of aromatic nitrogens is 2. The molecule has 0 fully saturated rings. The number of furan rings is 1. The van der Waals surface area contributed by atoms with Crippen molar-refractivity contribution in [3.8, 4) is 67.3 Å². The Labute approximate surface area is 295 Å². The van der Waals surface area contributed by atoms with E-state index < -0.39 is 0 Å². The van der Waals surface area contributed by atoms with Crippen LogP contribution in [0.1, 0.15) is 0 Å². The van der Waals surface area contributed by atoms with Gasteiger partial charge in [0.15, 0.2) is 11.5 Å². The highest BCUT2D eigenvalue weighted by atomic mass is 16.3. The van der Waals surface area contributed by atoms with E-state index in [-0.39, 0.29) is 0 Å². The van der Waals surface area contributed by atoms with Gasteiger partial charge in [0, 0.05) is 21.9 Å². The molecule has 2 aromatic heterocycles. The minimum atomic E-state index is 0.590. The van der Waals surface area contributed by atoms with Gasteiger partial charge in [-0.3, -0.25) is 0 Å². The number of fused-ring (bicyclic) bond motifs is 3. The molecule has 0 unspecified atom stereocenters. The molecule has 4 nitrogen and oxygen atoms in total. The van der Waals surface area contributed by atoms with Gasteiger partial charge in [-0.15, -0.1) is 0 Å². The molecule has 0 bridgehead atoms. The Morgan fingerprint density at radius 2 is 0.941 bits per heavy atom. The third kappa shape index (κ3) is 5.73. The number of hydrogen-bond acceptors (Lipinski definition) is 3. The van der Waals surface area contributed by atoms with E-state index in [0.29, 0.717) is 11.5 Å². The van der Waals surface area contributed by atoms with Gasteiger partial charge >= 0.3 is 0 Å². The molecule has 0 spiro atoms. The zero-order valence-corrected chi connectivity index (χ0v) is 27.5. The van der Waals surface area contributed by atoms with Crippen LogP contribution in [0.25, 0.3) is 94.1 Å². The normalized spacial score (nSPS) is 11.1. The molecule has 4 heteroatoms. The maximum atomic E-state index is 7.40. The fraction of sp³-hybridized carbons (Fsp3) is 0. The standard InChI is InChI=1S/C47H29N3O/c1-48-39-23-20-34(21-24-39)43-30-42(33-16-9-4-10-17-33)49-47(50-43)40-18-11-19-45-46(40)41-29-35(22-25-44(41)51-45)38-27-36(31-12-5-2-6-13-31)26-37(28-38)32-14-7-3-8-15-32/h2-30H. The van der Waals surface area contributed by atoms with Crippen molar-refractivity contribution in [2.24, 2.45) is 0 Å². The largest absolute Gasteiger partial charge is 0.456 e. The predicted molar refractivity (Wildman–Crippen MR) is 208 cm³/mol. The van der Waals surface area contributed by atoms with Crippen LogP contribution < -0.4 is 0 Å². The van der Waals surface area contributed by atoms with Crippen molar-refractivity contribution in [1.29, 1.82) is 0 Å². The summed E-state index contributed by atoms with van der Waals surface area (Å²) in [4.78, 5) is 13.8. The van der Waals surface area contributed by atoms with E-state index in [2.05, 4.69) is 120 Å². The summed E-state index contributed by atoms with van der Waals surface area (Å²) in [5, 5.41) is 1.97. The molecule has 2 heterocycles. The van der Waals surface area contributed by atoms with E-state index in [0.717, 1.165) is 72.3 Å². The average Bonchev–Trinajstić information content (AvgIpc) is 3.60. The molecule has 9 rings (SSSR count). The molecule has 0 N–H and O–H groups in total. The summed E-state index contributed by atoms with van der Waals surface area (Å²) >= 11 is 0. The molecule has 0 aliphatic heterocycles. The maximum Gasteiger partial charge on any atom is 0.187 e. The molecule has 7 aromatic carbocycles. The molecular weight excluding hydrogens is 623 g/mol. The van der Waals surface area contributed by atoms with Gasteiger partial charge in [-0.1, -0.05) is 133 Å². The van der Waals surface area contributed by atoms with E-state index in [1.54, 1.807) is 0 Å². The van der Waals surface area contributed by atoms with Gasteiger partial charge in [0.2, 0.25) is 0 Å². The lowest BCUT2D eigenvalue weighted by Gasteiger charge is -2.12. The molecule has 9 aromatic rings. The summed E-state index contributed by atoms with van der Waals surface area (Å²) in [5.74, 6) is 0.608. The quantitative estimate of drug-likeness (QED) is 0.168. The lowest BCUT2D eigenvalue weighted by atomic mass is 9.92. The van der Waals surface area contributed by atoms with E-state index in [9.17, 15) is 0 Å². The minimum Gasteiger partial charge on any atom is -0.456 e. The van der Waals surface area contributed by atoms with Crippen LogP contribution in [0, 0.1) is 6.57 Å². The molecule has 0 saturated heterocycles. The van der Waals surface area contributed by atoms with Gasteiger partial charge in [-0.25, -0.2) is 14.8 Å². The van der Waals surface area contributed by atoms with Crippen molar-refractivity contribution in [2.45, 2.75) is 0 Å². The van der Waals surface area contributed by atoms with Crippen LogP contribution in [0.2, 0.25) is 0 Å². The third-order valence-electron chi connectivity index (χ3n) is 9.30. The molecule has 0 aliphatic carbocycles. The maximum absolute atomic E-state index is 7.40. The second-order valence-corrected chi connectivity index (χ2v) is 12.5. The number of rotatable bonds is 6. The van der Waals surface area contributed by atoms with E-state index in [1.165, 1.54) is 11.1 Å². The van der Waals surface area contributed by atoms with Crippen LogP contribution in [0.5, 0.6) is 0 Å². The van der Waals surface area contributed by atoms with Crippen molar-refractivity contribution in [3.63, 3.8) is 0 Å². The summed E-state index contributed by atoms with van der Waals surface area (Å²) in [7, 11) is 0. The molecule has 0 saturated carbocycles. The SMILES string of the molecule is [C-]#[N+]c1ccc(-c2cc(-c3ccccc3)nc(-c3cccc4oc5ccc(-c6cc(-c7ccccc7)cc(-c7ccccc7)c6)cc5c34)n2)cc1. The molecule has 51 heavy (non-hydrogen) atoms. The molecular formula is C47H29N3O. The van der Waals surface area contributed by atoms with Gasteiger partial charge in [-0.2, -0.15) is 0 Å². The summed E-state index contributed by atoms with van der Waals surface area (Å²) < 4.78 is 6.46. The number of hydrogen-bond donors (Lipinski definition) is 0. The zero-order chi connectivity index (χ0) is 34.1. The number of benzene rings is 7. The fourth-order valence-corrected chi connectivity index (χ4v) is 6.76. The lowest BCUT2D eigenvalue weighted by Crippen LogP contribution is -1.96. The smallest absolute Gasteiger partial charge is 0.187 e. The van der Waals surface area contributed by atoms with Gasteiger partial charge in [0.05, 0.1) is 18.0 Å². The summed E-state index contributed by atoms with van der Waals surface area (Å²) in [6.45, 7) is 7.40. The number of nitrogens with zero attached hydrogens (tertiary/aromatic N) is 3. The van der Waals surface area contributed by atoms with Crippen LogP contribution in [0.15, 0.2) is 180 Å². The Bertz CT molecular complexity index is 2670. The Kier molecular flexibility index (Phi) is 7.50. The van der Waals surface area contributed by atoms with Crippen molar-refractivity contribution < 1.29 is 4.42 Å². The lowest BCUT2D eigenvalue weighted by molar-refractivity contribution is 0.669. The van der Waals surface area contributed by atoms with Gasteiger partial charge in [-0.05, 0) is 81.4 Å². The van der Waals surface area contributed by atoms with E-state index in [1.807, 2.05) is 60.7 Å². The first-order valence-corrected chi connectivity index (χ1v) is 16.8. The van der Waals surface area contributed by atoms with Gasteiger partial charge in [0.1, 0.15) is 11.2 Å². The monoisotopic (exact) mass is 651 g/mol. The highest BCUT2D eigenvalue weighted by Crippen LogP contribution is 2.40. The van der Waals surface area contributed by atoms with Crippen LogP contribution in [-0.4, -0.2) is 9.97 Å². The van der Waals surface area contributed by atoms with Gasteiger partial charge < -0.3 is 4.42 Å². The van der Waals surface area contributed by atoms with Crippen molar-refractivity contribution in [3.05, 3.63) is 187 Å². The summed E-state index contributed by atoms with van der Waals surface area (Å²) in [6.07, 6.45) is 0. The van der Waals surface area contributed by atoms with Crippen LogP contribution in [0.3, 0.4) is 0 Å². The Morgan fingerprint density at radius 3 is 1.53 bits per heavy atom. The van der Waals surface area contributed by atoms with Crippen molar-refractivity contribution >= 4 is 27.6 Å². The Balaban J connectivity index is 1.24. The third-order valence-corrected chi connectivity index (χ3v) is 9.30. The predicted octanol–water partition coefficient (Wildman–Crippen LogP) is 12.9. The van der Waals surface area contributed by atoms with Crippen molar-refractivity contribution in [2.75, 3.05) is 0 Å². The summed E-state index contributed by atoms with van der Waals surface area (Å²) in [5.41, 5.74) is 13.5. The van der Waals surface area contributed by atoms with E-state index >= 15 is 0 Å². The second kappa shape index (κ2) is 12.7. The first-order valence-electron chi connectivity index (χ1n) is 16.8.